The third-order valence-electron chi connectivity index (χ3n) is 4.90. The van der Waals surface area contributed by atoms with Crippen LogP contribution in [0.25, 0.3) is 0 Å². The van der Waals surface area contributed by atoms with Crippen LogP contribution in [0.1, 0.15) is 24.8 Å². The van der Waals surface area contributed by atoms with Crippen molar-refractivity contribution in [3.05, 3.63) is 29.8 Å². The zero-order chi connectivity index (χ0) is 15.6. The highest BCUT2D eigenvalue weighted by Gasteiger charge is 2.38. The minimum absolute atomic E-state index is 0.359. The van der Waals surface area contributed by atoms with Gasteiger partial charge in [0.25, 0.3) is 5.91 Å². The average molecular weight is 303 g/mol. The van der Waals surface area contributed by atoms with Crippen molar-refractivity contribution in [1.29, 1.82) is 0 Å². The number of anilines is 1. The third kappa shape index (κ3) is 3.10. The van der Waals surface area contributed by atoms with Crippen molar-refractivity contribution in [2.45, 2.75) is 31.3 Å². The van der Waals surface area contributed by atoms with Gasteiger partial charge in [0.05, 0.1) is 0 Å². The molecular weight excluding hydrogens is 278 g/mol. The highest BCUT2D eigenvalue weighted by atomic mass is 16.3. The number of piperidine rings is 1. The smallest absolute Gasteiger partial charge is 0.250 e. The van der Waals surface area contributed by atoms with E-state index < -0.39 is 11.5 Å². The molecule has 120 valence electrons. The fourth-order valence-corrected chi connectivity index (χ4v) is 3.62. The van der Waals surface area contributed by atoms with Crippen LogP contribution in [0.15, 0.2) is 24.3 Å². The molecule has 0 radical (unpaired) electrons. The number of nitrogens with zero attached hydrogens (tertiary/aromatic N) is 2. The zero-order valence-corrected chi connectivity index (χ0v) is 13.0. The molecule has 2 aliphatic rings. The molecule has 1 fully saturated rings. The number of para-hydroxylation sites is 1. The summed E-state index contributed by atoms with van der Waals surface area (Å²) in [6.07, 6.45) is 3.63. The van der Waals surface area contributed by atoms with E-state index >= 15 is 0 Å². The van der Waals surface area contributed by atoms with Crippen LogP contribution in [0.4, 0.5) is 5.69 Å². The van der Waals surface area contributed by atoms with E-state index in [0.717, 1.165) is 39.0 Å². The Bertz CT molecular complexity index is 548. The van der Waals surface area contributed by atoms with Gasteiger partial charge in [0.1, 0.15) is 0 Å². The molecule has 3 rings (SSSR count). The summed E-state index contributed by atoms with van der Waals surface area (Å²) in [5.74, 6) is -0.597. The SMILES string of the molecule is NC(=O)C1(O)CCCN(CCN2CCCc3ccccc32)C1. The van der Waals surface area contributed by atoms with E-state index in [1.807, 2.05) is 0 Å². The molecule has 1 aromatic carbocycles. The number of aryl methyl sites for hydroxylation is 1. The number of amides is 1. The van der Waals surface area contributed by atoms with Gasteiger partial charge in [-0.1, -0.05) is 18.2 Å². The molecule has 5 nitrogen and oxygen atoms in total. The molecule has 0 aliphatic carbocycles. The summed E-state index contributed by atoms with van der Waals surface area (Å²) in [5.41, 5.74) is 6.74. The number of hydrogen-bond donors (Lipinski definition) is 2. The number of carbonyl (C=O) groups is 1. The van der Waals surface area contributed by atoms with E-state index in [1.54, 1.807) is 0 Å². The predicted molar refractivity (Wildman–Crippen MR) is 86.8 cm³/mol. The molecule has 2 aliphatic heterocycles. The Morgan fingerprint density at radius 1 is 1.23 bits per heavy atom. The maximum absolute atomic E-state index is 11.4. The summed E-state index contributed by atoms with van der Waals surface area (Å²) in [5, 5.41) is 10.3. The maximum Gasteiger partial charge on any atom is 0.250 e. The van der Waals surface area contributed by atoms with Crippen molar-refractivity contribution < 1.29 is 9.90 Å². The van der Waals surface area contributed by atoms with Crippen molar-refractivity contribution in [3.8, 4) is 0 Å². The number of aliphatic hydroxyl groups is 1. The van der Waals surface area contributed by atoms with Crippen LogP contribution in [-0.2, 0) is 11.2 Å². The second kappa shape index (κ2) is 6.26. The first-order valence-electron chi connectivity index (χ1n) is 8.16. The van der Waals surface area contributed by atoms with Gasteiger partial charge in [-0.15, -0.1) is 0 Å². The van der Waals surface area contributed by atoms with Gasteiger partial charge in [-0.05, 0) is 43.9 Å². The molecule has 1 atom stereocenters. The number of carbonyl (C=O) groups excluding carboxylic acids is 1. The minimum Gasteiger partial charge on any atom is -0.379 e. The van der Waals surface area contributed by atoms with Gasteiger partial charge in [0, 0.05) is 31.9 Å². The molecule has 1 unspecified atom stereocenters. The van der Waals surface area contributed by atoms with Gasteiger partial charge >= 0.3 is 0 Å². The normalized spacial score (nSPS) is 25.8. The standard InChI is InChI=1S/C17H25N3O2/c18-16(21)17(22)8-4-9-19(13-17)11-12-20-10-3-6-14-5-1-2-7-15(14)20/h1-2,5,7,22H,3-4,6,8-13H2,(H2,18,21). The summed E-state index contributed by atoms with van der Waals surface area (Å²) >= 11 is 0. The number of nitrogens with two attached hydrogens (primary N) is 1. The van der Waals surface area contributed by atoms with E-state index in [0.29, 0.717) is 13.0 Å². The molecule has 0 saturated carbocycles. The number of likely N-dealkylation sites (tertiary alicyclic amines) is 1. The topological polar surface area (TPSA) is 69.8 Å². The Kier molecular flexibility index (Phi) is 4.36. The van der Waals surface area contributed by atoms with E-state index in [1.165, 1.54) is 17.7 Å². The number of rotatable bonds is 4. The van der Waals surface area contributed by atoms with Crippen LogP contribution in [0.2, 0.25) is 0 Å². The van der Waals surface area contributed by atoms with Crippen molar-refractivity contribution in [1.82, 2.24) is 4.90 Å². The Morgan fingerprint density at radius 3 is 2.86 bits per heavy atom. The number of benzene rings is 1. The lowest BCUT2D eigenvalue weighted by Crippen LogP contribution is -2.56. The van der Waals surface area contributed by atoms with Crippen molar-refractivity contribution in [2.24, 2.45) is 5.73 Å². The Balaban J connectivity index is 1.60. The first-order chi connectivity index (χ1) is 10.6. The Morgan fingerprint density at radius 2 is 2.05 bits per heavy atom. The number of primary amides is 1. The van der Waals surface area contributed by atoms with Crippen LogP contribution in [0.5, 0.6) is 0 Å². The van der Waals surface area contributed by atoms with Crippen LogP contribution in [0, 0.1) is 0 Å². The number of fused-ring (bicyclic) bond motifs is 1. The number of β-amino-alcohol motifs (C(OH)–C–C–N with tert-alkyl or cyclic N) is 1. The third-order valence-corrected chi connectivity index (χ3v) is 4.90. The molecule has 0 spiro atoms. The van der Waals surface area contributed by atoms with E-state index in [4.69, 9.17) is 5.73 Å². The van der Waals surface area contributed by atoms with Crippen LogP contribution >= 0.6 is 0 Å². The summed E-state index contributed by atoms with van der Waals surface area (Å²) in [4.78, 5) is 16.0. The molecule has 22 heavy (non-hydrogen) atoms. The van der Waals surface area contributed by atoms with Gasteiger partial charge in [0.15, 0.2) is 5.60 Å². The summed E-state index contributed by atoms with van der Waals surface area (Å²) in [6.45, 7) is 4.13. The predicted octanol–water partition coefficient (Wildman–Crippen LogP) is 0.751. The highest BCUT2D eigenvalue weighted by molar-refractivity contribution is 5.83. The Hall–Kier alpha value is -1.59. The number of hydrogen-bond acceptors (Lipinski definition) is 4. The quantitative estimate of drug-likeness (QED) is 0.861. The monoisotopic (exact) mass is 303 g/mol. The first kappa shape index (κ1) is 15.3. The van der Waals surface area contributed by atoms with Crippen LogP contribution in [-0.4, -0.2) is 54.2 Å². The first-order valence-corrected chi connectivity index (χ1v) is 8.16. The molecule has 3 N–H and O–H groups in total. The van der Waals surface area contributed by atoms with Gasteiger partial charge in [-0.2, -0.15) is 0 Å². The molecular formula is C17H25N3O2. The van der Waals surface area contributed by atoms with Crippen LogP contribution < -0.4 is 10.6 Å². The second-order valence-corrected chi connectivity index (χ2v) is 6.49. The van der Waals surface area contributed by atoms with Gasteiger partial charge < -0.3 is 15.7 Å². The fourth-order valence-electron chi connectivity index (χ4n) is 3.62. The lowest BCUT2D eigenvalue weighted by molar-refractivity contribution is -0.142. The van der Waals surface area contributed by atoms with Gasteiger partial charge in [0.2, 0.25) is 0 Å². The fraction of sp³-hybridized carbons (Fsp3) is 0.588. The van der Waals surface area contributed by atoms with Crippen molar-refractivity contribution in [2.75, 3.05) is 37.6 Å². The van der Waals surface area contributed by atoms with E-state index in [-0.39, 0.29) is 0 Å². The van der Waals surface area contributed by atoms with Gasteiger partial charge in [-0.25, -0.2) is 0 Å². The largest absolute Gasteiger partial charge is 0.379 e. The van der Waals surface area contributed by atoms with Crippen molar-refractivity contribution >= 4 is 11.6 Å². The highest BCUT2D eigenvalue weighted by Crippen LogP contribution is 2.27. The molecule has 5 heteroatoms. The lowest BCUT2D eigenvalue weighted by atomic mass is 9.92. The lowest BCUT2D eigenvalue weighted by Gasteiger charge is -2.39. The van der Waals surface area contributed by atoms with Crippen molar-refractivity contribution in [3.63, 3.8) is 0 Å². The van der Waals surface area contributed by atoms with Gasteiger partial charge in [-0.3, -0.25) is 9.69 Å². The maximum atomic E-state index is 11.4. The second-order valence-electron chi connectivity index (χ2n) is 6.49. The molecule has 0 bridgehead atoms. The minimum atomic E-state index is -1.35. The zero-order valence-electron chi connectivity index (χ0n) is 13.0. The van der Waals surface area contributed by atoms with Crippen LogP contribution in [0.3, 0.4) is 0 Å². The van der Waals surface area contributed by atoms with E-state index in [2.05, 4.69) is 34.1 Å². The molecule has 1 aromatic rings. The molecule has 0 aromatic heterocycles. The summed E-state index contributed by atoms with van der Waals surface area (Å²) < 4.78 is 0. The van der Waals surface area contributed by atoms with E-state index in [9.17, 15) is 9.90 Å². The molecule has 2 heterocycles. The Labute approximate surface area is 131 Å². The summed E-state index contributed by atoms with van der Waals surface area (Å²) in [7, 11) is 0. The molecule has 1 saturated heterocycles. The summed E-state index contributed by atoms with van der Waals surface area (Å²) in [6, 6.07) is 8.57. The molecule has 1 amide bonds. The average Bonchev–Trinajstić information content (AvgIpc) is 2.53.